The van der Waals surface area contributed by atoms with Crippen molar-refractivity contribution in [2.45, 2.75) is 37.5 Å². The third-order valence-electron chi connectivity index (χ3n) is 2.33. The SMILES string of the molecule is C=CC(Cl)C1CCCCC1. The molecule has 1 fully saturated rings. The van der Waals surface area contributed by atoms with Gasteiger partial charge in [-0.2, -0.15) is 0 Å². The van der Waals surface area contributed by atoms with Gasteiger partial charge < -0.3 is 0 Å². The van der Waals surface area contributed by atoms with E-state index >= 15 is 0 Å². The Hall–Kier alpha value is 0.0300. The molecule has 0 aromatic rings. The first-order chi connectivity index (χ1) is 4.84. The van der Waals surface area contributed by atoms with E-state index in [0.29, 0.717) is 5.92 Å². The monoisotopic (exact) mass is 158 g/mol. The van der Waals surface area contributed by atoms with Gasteiger partial charge in [0, 0.05) is 0 Å². The molecule has 0 N–H and O–H groups in total. The third-order valence-corrected chi connectivity index (χ3v) is 2.86. The maximum absolute atomic E-state index is 6.03. The molecule has 0 bridgehead atoms. The molecule has 0 aromatic heterocycles. The Balaban J connectivity index is 2.30. The molecule has 1 aliphatic rings. The minimum Gasteiger partial charge on any atom is -0.118 e. The second-order valence-electron chi connectivity index (χ2n) is 3.08. The molecule has 58 valence electrons. The van der Waals surface area contributed by atoms with E-state index in [-0.39, 0.29) is 5.38 Å². The van der Waals surface area contributed by atoms with E-state index in [1.807, 2.05) is 6.08 Å². The quantitative estimate of drug-likeness (QED) is 0.427. The van der Waals surface area contributed by atoms with Crippen molar-refractivity contribution in [3.05, 3.63) is 12.7 Å². The number of hydrogen-bond donors (Lipinski definition) is 0. The molecule has 0 amide bonds. The zero-order chi connectivity index (χ0) is 7.40. The minimum atomic E-state index is 0.222. The molecule has 0 saturated heterocycles. The molecule has 1 rings (SSSR count). The lowest BCUT2D eigenvalue weighted by molar-refractivity contribution is 0.365. The molecule has 1 aliphatic carbocycles. The fourth-order valence-corrected chi connectivity index (χ4v) is 1.90. The first kappa shape index (κ1) is 8.13. The summed E-state index contributed by atoms with van der Waals surface area (Å²) in [5, 5.41) is 0.222. The highest BCUT2D eigenvalue weighted by Gasteiger charge is 2.18. The minimum absolute atomic E-state index is 0.222. The Kier molecular flexibility index (Phi) is 3.27. The molecule has 0 heterocycles. The lowest BCUT2D eigenvalue weighted by Crippen LogP contribution is -2.15. The van der Waals surface area contributed by atoms with Gasteiger partial charge in [-0.1, -0.05) is 25.3 Å². The fraction of sp³-hybridized carbons (Fsp3) is 0.778. The Bertz CT molecular complexity index is 103. The van der Waals surface area contributed by atoms with E-state index in [1.54, 1.807) is 0 Å². The standard InChI is InChI=1S/C9H15Cl/c1-2-9(10)8-6-4-3-5-7-8/h2,8-9H,1,3-7H2. The molecule has 0 spiro atoms. The van der Waals surface area contributed by atoms with E-state index in [4.69, 9.17) is 11.6 Å². The van der Waals surface area contributed by atoms with Gasteiger partial charge in [-0.15, -0.1) is 18.2 Å². The molecule has 1 saturated carbocycles. The molecule has 1 heteroatoms. The second kappa shape index (κ2) is 4.02. The maximum Gasteiger partial charge on any atom is 0.0541 e. The van der Waals surface area contributed by atoms with Crippen molar-refractivity contribution in [3.8, 4) is 0 Å². The van der Waals surface area contributed by atoms with Crippen LogP contribution in [0.15, 0.2) is 12.7 Å². The van der Waals surface area contributed by atoms with Gasteiger partial charge in [-0.25, -0.2) is 0 Å². The van der Waals surface area contributed by atoms with Gasteiger partial charge in [0.2, 0.25) is 0 Å². The van der Waals surface area contributed by atoms with Gasteiger partial charge in [0.1, 0.15) is 0 Å². The van der Waals surface area contributed by atoms with Crippen LogP contribution < -0.4 is 0 Å². The van der Waals surface area contributed by atoms with Crippen molar-refractivity contribution < 1.29 is 0 Å². The molecule has 0 radical (unpaired) electrons. The average Bonchev–Trinajstić information content (AvgIpc) is 2.05. The van der Waals surface area contributed by atoms with Crippen LogP contribution in [0.5, 0.6) is 0 Å². The summed E-state index contributed by atoms with van der Waals surface area (Å²) in [6.07, 6.45) is 8.61. The predicted octanol–water partition coefficient (Wildman–Crippen LogP) is 3.36. The van der Waals surface area contributed by atoms with Crippen LogP contribution in [0, 0.1) is 5.92 Å². The summed E-state index contributed by atoms with van der Waals surface area (Å²) in [4.78, 5) is 0. The number of rotatable bonds is 2. The molecular formula is C9H15Cl. The Labute approximate surface area is 68.3 Å². The van der Waals surface area contributed by atoms with Gasteiger partial charge in [0.15, 0.2) is 0 Å². The lowest BCUT2D eigenvalue weighted by atomic mass is 9.87. The second-order valence-corrected chi connectivity index (χ2v) is 3.58. The van der Waals surface area contributed by atoms with Crippen molar-refractivity contribution in [1.29, 1.82) is 0 Å². The van der Waals surface area contributed by atoms with Gasteiger partial charge in [0.25, 0.3) is 0 Å². The summed E-state index contributed by atoms with van der Waals surface area (Å²) in [6.45, 7) is 3.70. The van der Waals surface area contributed by atoms with Crippen molar-refractivity contribution in [3.63, 3.8) is 0 Å². The first-order valence-corrected chi connectivity index (χ1v) is 4.55. The molecule has 0 aliphatic heterocycles. The highest BCUT2D eigenvalue weighted by molar-refractivity contribution is 6.21. The van der Waals surface area contributed by atoms with Crippen LogP contribution in [-0.4, -0.2) is 5.38 Å². The Morgan fingerprint density at radius 3 is 2.40 bits per heavy atom. The van der Waals surface area contributed by atoms with E-state index in [9.17, 15) is 0 Å². The van der Waals surface area contributed by atoms with Gasteiger partial charge >= 0.3 is 0 Å². The summed E-state index contributed by atoms with van der Waals surface area (Å²) < 4.78 is 0. The van der Waals surface area contributed by atoms with Crippen LogP contribution in [0.2, 0.25) is 0 Å². The number of allylic oxidation sites excluding steroid dienone is 1. The van der Waals surface area contributed by atoms with Crippen molar-refractivity contribution in [2.24, 2.45) is 5.92 Å². The van der Waals surface area contributed by atoms with E-state index in [2.05, 4.69) is 6.58 Å². The van der Waals surface area contributed by atoms with Gasteiger partial charge in [-0.05, 0) is 18.8 Å². The van der Waals surface area contributed by atoms with E-state index in [1.165, 1.54) is 32.1 Å². The summed E-state index contributed by atoms with van der Waals surface area (Å²) in [5.74, 6) is 0.716. The molecule has 10 heavy (non-hydrogen) atoms. The van der Waals surface area contributed by atoms with E-state index < -0.39 is 0 Å². The largest absolute Gasteiger partial charge is 0.118 e. The summed E-state index contributed by atoms with van der Waals surface area (Å²) >= 11 is 6.03. The van der Waals surface area contributed by atoms with Crippen molar-refractivity contribution in [1.82, 2.24) is 0 Å². The highest BCUT2D eigenvalue weighted by atomic mass is 35.5. The van der Waals surface area contributed by atoms with Crippen molar-refractivity contribution >= 4 is 11.6 Å². The molecule has 0 nitrogen and oxygen atoms in total. The highest BCUT2D eigenvalue weighted by Crippen LogP contribution is 2.29. The topological polar surface area (TPSA) is 0 Å². The van der Waals surface area contributed by atoms with Crippen LogP contribution in [0.1, 0.15) is 32.1 Å². The third kappa shape index (κ3) is 2.02. The van der Waals surface area contributed by atoms with E-state index in [0.717, 1.165) is 0 Å². The number of halogens is 1. The zero-order valence-corrected chi connectivity index (χ0v) is 7.11. The predicted molar refractivity (Wildman–Crippen MR) is 46.4 cm³/mol. The normalized spacial score (nSPS) is 24.1. The van der Waals surface area contributed by atoms with Crippen LogP contribution >= 0.6 is 11.6 Å². The smallest absolute Gasteiger partial charge is 0.0541 e. The number of hydrogen-bond acceptors (Lipinski definition) is 0. The first-order valence-electron chi connectivity index (χ1n) is 4.11. The summed E-state index contributed by atoms with van der Waals surface area (Å²) in [7, 11) is 0. The van der Waals surface area contributed by atoms with Crippen molar-refractivity contribution in [2.75, 3.05) is 0 Å². The lowest BCUT2D eigenvalue weighted by Gasteiger charge is -2.23. The van der Waals surface area contributed by atoms with Gasteiger partial charge in [0.05, 0.1) is 5.38 Å². The van der Waals surface area contributed by atoms with Gasteiger partial charge in [-0.3, -0.25) is 0 Å². The molecular weight excluding hydrogens is 144 g/mol. The Morgan fingerprint density at radius 1 is 1.30 bits per heavy atom. The fourth-order valence-electron chi connectivity index (χ4n) is 1.65. The van der Waals surface area contributed by atoms with Crippen LogP contribution in [0.25, 0.3) is 0 Å². The van der Waals surface area contributed by atoms with Crippen LogP contribution in [0.3, 0.4) is 0 Å². The zero-order valence-electron chi connectivity index (χ0n) is 6.35. The molecule has 1 atom stereocenters. The Morgan fingerprint density at radius 2 is 1.90 bits per heavy atom. The van der Waals surface area contributed by atoms with Crippen LogP contribution in [0.4, 0.5) is 0 Å². The molecule has 1 unspecified atom stereocenters. The number of alkyl halides is 1. The maximum atomic E-state index is 6.03. The van der Waals surface area contributed by atoms with Crippen LogP contribution in [-0.2, 0) is 0 Å². The average molecular weight is 159 g/mol. The summed E-state index contributed by atoms with van der Waals surface area (Å²) in [6, 6.07) is 0. The molecule has 0 aromatic carbocycles. The summed E-state index contributed by atoms with van der Waals surface area (Å²) in [5.41, 5.74) is 0.